The molecule has 13 heavy (non-hydrogen) atoms. The van der Waals surface area contributed by atoms with Crippen molar-refractivity contribution in [1.29, 1.82) is 0 Å². The van der Waals surface area contributed by atoms with Crippen LogP contribution in [0.5, 0.6) is 0 Å². The zero-order valence-corrected chi connectivity index (χ0v) is 9.33. The third kappa shape index (κ3) is 4.02. The van der Waals surface area contributed by atoms with Crippen molar-refractivity contribution in [3.05, 3.63) is 23.8 Å². The number of aromatic nitrogens is 2. The summed E-state index contributed by atoms with van der Waals surface area (Å²) in [6.45, 7) is 10.4. The molecule has 1 heterocycles. The van der Waals surface area contributed by atoms with Gasteiger partial charge in [-0.25, -0.2) is 9.97 Å². The predicted octanol–water partition coefficient (Wildman–Crippen LogP) is 3.19. The molecule has 0 atom stereocenters. The lowest BCUT2D eigenvalue weighted by Gasteiger charge is -2.03. The molecule has 2 heteroatoms. The Morgan fingerprint density at radius 2 is 1.92 bits per heavy atom. The Morgan fingerprint density at radius 3 is 2.38 bits per heavy atom. The second-order valence-corrected chi connectivity index (χ2v) is 2.91. The van der Waals surface area contributed by atoms with Crippen LogP contribution >= 0.6 is 0 Å². The van der Waals surface area contributed by atoms with Gasteiger partial charge in [0, 0.05) is 18.3 Å². The molecule has 0 aliphatic carbocycles. The normalized spacial score (nSPS) is 9.38. The second-order valence-electron chi connectivity index (χ2n) is 2.91. The summed E-state index contributed by atoms with van der Waals surface area (Å²) in [7, 11) is 0. The number of rotatable bonds is 2. The third-order valence-electron chi connectivity index (χ3n) is 1.63. The lowest BCUT2D eigenvalue weighted by atomic mass is 10.1. The first-order valence-electron chi connectivity index (χ1n) is 5.06. The van der Waals surface area contributed by atoms with E-state index in [1.807, 2.05) is 26.1 Å². The van der Waals surface area contributed by atoms with E-state index in [1.54, 1.807) is 0 Å². The predicted molar refractivity (Wildman–Crippen MR) is 56.8 cm³/mol. The lowest BCUT2D eigenvalue weighted by Crippen LogP contribution is -1.98. The van der Waals surface area contributed by atoms with Crippen LogP contribution in [0.3, 0.4) is 0 Å². The first-order valence-corrected chi connectivity index (χ1v) is 5.06. The van der Waals surface area contributed by atoms with E-state index in [2.05, 4.69) is 30.7 Å². The van der Waals surface area contributed by atoms with Crippen LogP contribution < -0.4 is 0 Å². The third-order valence-corrected chi connectivity index (χ3v) is 1.63. The fourth-order valence-corrected chi connectivity index (χ4v) is 0.907. The zero-order valence-electron chi connectivity index (χ0n) is 9.33. The Hall–Kier alpha value is -0.920. The lowest BCUT2D eigenvalue weighted by molar-refractivity contribution is 0.786. The highest BCUT2D eigenvalue weighted by atomic mass is 14.9. The summed E-state index contributed by atoms with van der Waals surface area (Å²) in [4.78, 5) is 8.51. The Morgan fingerprint density at radius 1 is 1.31 bits per heavy atom. The molecule has 0 aliphatic rings. The van der Waals surface area contributed by atoms with E-state index in [9.17, 15) is 0 Å². The summed E-state index contributed by atoms with van der Waals surface area (Å²) < 4.78 is 0. The molecule has 0 spiro atoms. The number of aryl methyl sites for hydroxylation is 1. The molecule has 0 unspecified atom stereocenters. The van der Waals surface area contributed by atoms with Gasteiger partial charge in [0.05, 0.1) is 0 Å². The number of nitrogens with zero attached hydrogens (tertiary/aromatic N) is 2. The van der Waals surface area contributed by atoms with Crippen molar-refractivity contribution in [2.45, 2.75) is 47.0 Å². The summed E-state index contributed by atoms with van der Waals surface area (Å²) in [6, 6.07) is 1.98. The minimum absolute atomic E-state index is 0.503. The molecular weight excluding hydrogens is 160 g/mol. The SMILES string of the molecule is CC.CCc1nccc(C(C)C)n1. The largest absolute Gasteiger partial charge is 0.241 e. The molecule has 0 aliphatic heterocycles. The van der Waals surface area contributed by atoms with Crippen molar-refractivity contribution in [3.63, 3.8) is 0 Å². The number of hydrogen-bond donors (Lipinski definition) is 0. The minimum atomic E-state index is 0.503. The summed E-state index contributed by atoms with van der Waals surface area (Å²) >= 11 is 0. The van der Waals surface area contributed by atoms with E-state index in [0.717, 1.165) is 17.9 Å². The molecule has 2 nitrogen and oxygen atoms in total. The van der Waals surface area contributed by atoms with E-state index in [4.69, 9.17) is 0 Å². The summed E-state index contributed by atoms with van der Waals surface area (Å²) in [5, 5.41) is 0. The molecular formula is C11H20N2. The standard InChI is InChI=1S/C9H14N2.C2H6/c1-4-9-10-6-5-8(11-9)7(2)3;1-2/h5-7H,4H2,1-3H3;1-2H3. The van der Waals surface area contributed by atoms with E-state index < -0.39 is 0 Å². The van der Waals surface area contributed by atoms with Gasteiger partial charge in [0.2, 0.25) is 0 Å². The topological polar surface area (TPSA) is 25.8 Å². The van der Waals surface area contributed by atoms with Gasteiger partial charge < -0.3 is 0 Å². The summed E-state index contributed by atoms with van der Waals surface area (Å²) in [5.74, 6) is 1.44. The van der Waals surface area contributed by atoms with Gasteiger partial charge in [0.1, 0.15) is 5.82 Å². The number of hydrogen-bond acceptors (Lipinski definition) is 2. The highest BCUT2D eigenvalue weighted by Gasteiger charge is 2.00. The van der Waals surface area contributed by atoms with Crippen molar-refractivity contribution in [2.75, 3.05) is 0 Å². The van der Waals surface area contributed by atoms with Gasteiger partial charge in [-0.1, -0.05) is 34.6 Å². The molecule has 0 bridgehead atoms. The van der Waals surface area contributed by atoms with Crippen molar-refractivity contribution >= 4 is 0 Å². The molecule has 1 aromatic heterocycles. The Kier molecular flexibility index (Phi) is 6.11. The molecule has 0 saturated heterocycles. The molecule has 1 rings (SSSR count). The van der Waals surface area contributed by atoms with E-state index >= 15 is 0 Å². The molecule has 74 valence electrons. The second kappa shape index (κ2) is 6.58. The fourth-order valence-electron chi connectivity index (χ4n) is 0.907. The van der Waals surface area contributed by atoms with Crippen LogP contribution in [-0.4, -0.2) is 9.97 Å². The smallest absolute Gasteiger partial charge is 0.128 e. The highest BCUT2D eigenvalue weighted by molar-refractivity contribution is 5.06. The van der Waals surface area contributed by atoms with Crippen molar-refractivity contribution < 1.29 is 0 Å². The van der Waals surface area contributed by atoms with E-state index in [-0.39, 0.29) is 0 Å². The van der Waals surface area contributed by atoms with Crippen LogP contribution in [0.15, 0.2) is 12.3 Å². The summed E-state index contributed by atoms with van der Waals surface area (Å²) in [5.41, 5.74) is 1.14. The maximum atomic E-state index is 4.38. The monoisotopic (exact) mass is 180 g/mol. The van der Waals surface area contributed by atoms with Gasteiger partial charge in [0.15, 0.2) is 0 Å². The Balaban J connectivity index is 0.000000671. The molecule has 0 N–H and O–H groups in total. The van der Waals surface area contributed by atoms with Crippen LogP contribution in [0.25, 0.3) is 0 Å². The van der Waals surface area contributed by atoms with Gasteiger partial charge in [-0.3, -0.25) is 0 Å². The Bertz CT molecular complexity index is 231. The molecule has 0 saturated carbocycles. The average molecular weight is 180 g/mol. The Labute approximate surface area is 81.4 Å². The van der Waals surface area contributed by atoms with Gasteiger partial charge in [-0.05, 0) is 12.0 Å². The molecule has 0 amide bonds. The first-order chi connectivity index (χ1) is 6.24. The zero-order chi connectivity index (χ0) is 10.3. The molecule has 0 aromatic carbocycles. The molecule has 0 fully saturated rings. The average Bonchev–Trinajstić information content (AvgIpc) is 2.21. The maximum Gasteiger partial charge on any atom is 0.128 e. The summed E-state index contributed by atoms with van der Waals surface area (Å²) in [6.07, 6.45) is 2.75. The van der Waals surface area contributed by atoms with Crippen molar-refractivity contribution in [3.8, 4) is 0 Å². The highest BCUT2D eigenvalue weighted by Crippen LogP contribution is 2.09. The first kappa shape index (κ1) is 12.1. The maximum absolute atomic E-state index is 4.38. The molecule has 0 radical (unpaired) electrons. The van der Waals surface area contributed by atoms with Crippen LogP contribution in [0.1, 0.15) is 52.1 Å². The van der Waals surface area contributed by atoms with Gasteiger partial charge in [-0.2, -0.15) is 0 Å². The van der Waals surface area contributed by atoms with Crippen LogP contribution in [0, 0.1) is 0 Å². The quantitative estimate of drug-likeness (QED) is 0.698. The van der Waals surface area contributed by atoms with Crippen LogP contribution in [-0.2, 0) is 6.42 Å². The minimum Gasteiger partial charge on any atom is -0.241 e. The fraction of sp³-hybridized carbons (Fsp3) is 0.636. The van der Waals surface area contributed by atoms with E-state index in [0.29, 0.717) is 5.92 Å². The molecule has 1 aromatic rings. The van der Waals surface area contributed by atoms with Gasteiger partial charge >= 0.3 is 0 Å². The van der Waals surface area contributed by atoms with Crippen molar-refractivity contribution in [1.82, 2.24) is 9.97 Å². The van der Waals surface area contributed by atoms with E-state index in [1.165, 1.54) is 0 Å². The van der Waals surface area contributed by atoms with Crippen LogP contribution in [0.4, 0.5) is 0 Å². The van der Waals surface area contributed by atoms with Gasteiger partial charge in [-0.15, -0.1) is 0 Å². The van der Waals surface area contributed by atoms with Crippen LogP contribution in [0.2, 0.25) is 0 Å². The van der Waals surface area contributed by atoms with Gasteiger partial charge in [0.25, 0.3) is 0 Å². The van der Waals surface area contributed by atoms with Crippen molar-refractivity contribution in [2.24, 2.45) is 0 Å².